The number of anilines is 1. The number of aromatic nitrogens is 2. The fraction of sp³-hybridized carbons (Fsp3) is 0.484. The van der Waals surface area contributed by atoms with Gasteiger partial charge in [0.05, 0.1) is 28.8 Å². The second-order valence-corrected chi connectivity index (χ2v) is 12.5. The molecule has 47 heavy (non-hydrogen) atoms. The Kier molecular flexibility index (Phi) is 13.5. The Balaban J connectivity index is 1.80. The number of rotatable bonds is 13. The van der Waals surface area contributed by atoms with Crippen molar-refractivity contribution in [2.45, 2.75) is 77.7 Å². The molecule has 1 aromatic heterocycles. The maximum absolute atomic E-state index is 14.1. The Morgan fingerprint density at radius 3 is 2.28 bits per heavy atom. The van der Waals surface area contributed by atoms with Crippen LogP contribution in [-0.2, 0) is 23.9 Å². The molecular weight excluding hydrogens is 653 g/mol. The summed E-state index contributed by atoms with van der Waals surface area (Å²) in [7, 11) is 0. The zero-order valence-corrected chi connectivity index (χ0v) is 28.2. The van der Waals surface area contributed by atoms with Crippen LogP contribution in [-0.4, -0.2) is 87.7 Å². The molecule has 254 valence electrons. The first kappa shape index (κ1) is 37.2. The molecule has 0 spiro atoms. The quantitative estimate of drug-likeness (QED) is 0.229. The van der Waals surface area contributed by atoms with Gasteiger partial charge in [-0.05, 0) is 36.5 Å². The summed E-state index contributed by atoms with van der Waals surface area (Å²) in [6.45, 7) is 8.45. The van der Waals surface area contributed by atoms with E-state index in [0.717, 1.165) is 0 Å². The van der Waals surface area contributed by atoms with Crippen LogP contribution in [0.1, 0.15) is 57.9 Å². The number of carbonyl (C=O) groups is 6. The van der Waals surface area contributed by atoms with Crippen molar-refractivity contribution >= 4 is 64.9 Å². The molecule has 0 unspecified atom stereocenters. The van der Waals surface area contributed by atoms with Crippen molar-refractivity contribution in [3.63, 3.8) is 0 Å². The SMILES string of the molecule is CC[C@@H](C=O)NC(=O)[C@@H]1C[C@@H](OC(=O)Nc2ccc(Cl)c(Cl)c2)CN1C(=O)[C@@H](NC(=O)[C@@H](NC(=O)c1cnccn1)C(C)C)C(C)C. The predicted octanol–water partition coefficient (Wildman–Crippen LogP) is 2.99. The van der Waals surface area contributed by atoms with Crippen molar-refractivity contribution in [2.75, 3.05) is 11.9 Å². The van der Waals surface area contributed by atoms with E-state index in [0.29, 0.717) is 23.4 Å². The Labute approximate surface area is 282 Å². The number of hydrogen-bond donors (Lipinski definition) is 4. The molecule has 0 radical (unpaired) electrons. The lowest BCUT2D eigenvalue weighted by Crippen LogP contribution is -2.59. The number of nitrogens with one attached hydrogen (secondary N) is 4. The van der Waals surface area contributed by atoms with Crippen molar-refractivity contribution in [3.05, 3.63) is 52.5 Å². The molecule has 0 bridgehead atoms. The number of amides is 5. The van der Waals surface area contributed by atoms with Gasteiger partial charge in [0.1, 0.15) is 36.2 Å². The fourth-order valence-corrected chi connectivity index (χ4v) is 5.16. The van der Waals surface area contributed by atoms with E-state index in [1.54, 1.807) is 34.6 Å². The van der Waals surface area contributed by atoms with Crippen LogP contribution in [0.4, 0.5) is 10.5 Å². The van der Waals surface area contributed by atoms with Crippen molar-refractivity contribution in [1.29, 1.82) is 0 Å². The van der Waals surface area contributed by atoms with Gasteiger partial charge in [-0.1, -0.05) is 57.8 Å². The molecule has 1 aromatic carbocycles. The lowest BCUT2D eigenvalue weighted by Gasteiger charge is -2.32. The van der Waals surface area contributed by atoms with Gasteiger partial charge in [-0.25, -0.2) is 9.78 Å². The zero-order valence-electron chi connectivity index (χ0n) is 26.7. The summed E-state index contributed by atoms with van der Waals surface area (Å²) < 4.78 is 5.57. The van der Waals surface area contributed by atoms with E-state index in [9.17, 15) is 28.8 Å². The van der Waals surface area contributed by atoms with Gasteiger partial charge < -0.3 is 30.4 Å². The number of likely N-dealkylation sites (tertiary alicyclic amines) is 1. The van der Waals surface area contributed by atoms with Crippen LogP contribution in [0.2, 0.25) is 10.0 Å². The van der Waals surface area contributed by atoms with E-state index in [4.69, 9.17) is 27.9 Å². The minimum atomic E-state index is -1.12. The lowest BCUT2D eigenvalue weighted by atomic mass is 9.98. The number of aldehydes is 1. The molecule has 16 heteroatoms. The maximum Gasteiger partial charge on any atom is 0.411 e. The Hall–Kier alpha value is -4.30. The highest BCUT2D eigenvalue weighted by atomic mass is 35.5. The molecule has 0 saturated carbocycles. The summed E-state index contributed by atoms with van der Waals surface area (Å²) >= 11 is 12.0. The van der Waals surface area contributed by atoms with Crippen LogP contribution >= 0.6 is 23.2 Å². The van der Waals surface area contributed by atoms with E-state index in [1.807, 2.05) is 0 Å². The van der Waals surface area contributed by atoms with E-state index >= 15 is 0 Å². The van der Waals surface area contributed by atoms with Crippen LogP contribution in [0.15, 0.2) is 36.8 Å². The number of halogens is 2. The Morgan fingerprint density at radius 1 is 1.00 bits per heavy atom. The van der Waals surface area contributed by atoms with E-state index in [1.165, 1.54) is 41.7 Å². The van der Waals surface area contributed by atoms with Gasteiger partial charge in [0.25, 0.3) is 5.91 Å². The minimum Gasteiger partial charge on any atom is -0.444 e. The molecule has 4 N–H and O–H groups in total. The Morgan fingerprint density at radius 2 is 1.70 bits per heavy atom. The highest BCUT2D eigenvalue weighted by molar-refractivity contribution is 6.42. The third-order valence-electron chi connectivity index (χ3n) is 7.48. The molecule has 1 aliphatic heterocycles. The van der Waals surface area contributed by atoms with Crippen molar-refractivity contribution < 1.29 is 33.5 Å². The molecule has 0 aliphatic carbocycles. The van der Waals surface area contributed by atoms with E-state index in [2.05, 4.69) is 31.2 Å². The maximum atomic E-state index is 14.1. The summed E-state index contributed by atoms with van der Waals surface area (Å²) in [5.41, 5.74) is 0.332. The highest BCUT2D eigenvalue weighted by Gasteiger charge is 2.45. The molecule has 1 saturated heterocycles. The number of nitrogens with zero attached hydrogens (tertiary/aromatic N) is 3. The first-order valence-electron chi connectivity index (χ1n) is 15.1. The summed E-state index contributed by atoms with van der Waals surface area (Å²) in [5, 5.41) is 11.1. The van der Waals surface area contributed by atoms with Crippen LogP contribution in [0, 0.1) is 11.8 Å². The Bertz CT molecular complexity index is 1460. The standard InChI is InChI=1S/C31H39Cl2N7O7/c1-6-18(15-41)36-28(43)24-12-20(47-31(46)37-19-7-8-21(32)22(33)11-19)14-40(24)30(45)26(17(4)5)39-29(44)25(16(2)3)38-27(42)23-13-34-9-10-35-23/h7-11,13,15-18,20,24-26H,6,12,14H2,1-5H3,(H,36,43)(H,37,46)(H,38,42)(H,39,44)/t18-,20+,24-,25-,26-/m0/s1. The van der Waals surface area contributed by atoms with Gasteiger partial charge in [-0.3, -0.25) is 29.5 Å². The summed E-state index contributed by atoms with van der Waals surface area (Å²) in [4.78, 5) is 86.9. The molecule has 3 rings (SSSR count). The monoisotopic (exact) mass is 691 g/mol. The molecule has 1 aliphatic rings. The van der Waals surface area contributed by atoms with Gasteiger partial charge in [0, 0.05) is 24.5 Å². The number of benzene rings is 1. The van der Waals surface area contributed by atoms with Crippen LogP contribution in [0.25, 0.3) is 0 Å². The molecule has 14 nitrogen and oxygen atoms in total. The summed E-state index contributed by atoms with van der Waals surface area (Å²) in [5.74, 6) is -3.27. The van der Waals surface area contributed by atoms with Crippen LogP contribution in [0.5, 0.6) is 0 Å². The topological polar surface area (TPSA) is 189 Å². The highest BCUT2D eigenvalue weighted by Crippen LogP contribution is 2.27. The lowest BCUT2D eigenvalue weighted by molar-refractivity contribution is -0.143. The normalized spacial score (nSPS) is 17.8. The largest absolute Gasteiger partial charge is 0.444 e. The van der Waals surface area contributed by atoms with E-state index in [-0.39, 0.29) is 29.6 Å². The second-order valence-electron chi connectivity index (χ2n) is 11.7. The molecule has 1 fully saturated rings. The van der Waals surface area contributed by atoms with Gasteiger partial charge in [0.2, 0.25) is 17.7 Å². The van der Waals surface area contributed by atoms with Crippen LogP contribution < -0.4 is 21.3 Å². The molecule has 5 atom stereocenters. The minimum absolute atomic E-state index is 0.0169. The first-order chi connectivity index (χ1) is 22.2. The number of ether oxygens (including phenoxy) is 1. The second kappa shape index (κ2) is 17.0. The summed E-state index contributed by atoms with van der Waals surface area (Å²) in [6, 6.07) is 0.401. The molecule has 5 amide bonds. The number of carbonyl (C=O) groups excluding carboxylic acids is 6. The van der Waals surface area contributed by atoms with Gasteiger partial charge in [0.15, 0.2) is 0 Å². The summed E-state index contributed by atoms with van der Waals surface area (Å²) in [6.07, 6.45) is 3.11. The van der Waals surface area contributed by atoms with Crippen molar-refractivity contribution in [1.82, 2.24) is 30.8 Å². The molecular formula is C31H39Cl2N7O7. The van der Waals surface area contributed by atoms with Gasteiger partial charge in [-0.15, -0.1) is 0 Å². The predicted molar refractivity (Wildman–Crippen MR) is 174 cm³/mol. The van der Waals surface area contributed by atoms with Crippen molar-refractivity contribution in [2.24, 2.45) is 11.8 Å². The molecule has 2 heterocycles. The van der Waals surface area contributed by atoms with Crippen LogP contribution in [0.3, 0.4) is 0 Å². The van der Waals surface area contributed by atoms with Gasteiger partial charge in [-0.2, -0.15) is 0 Å². The first-order valence-corrected chi connectivity index (χ1v) is 15.9. The third-order valence-corrected chi connectivity index (χ3v) is 8.22. The van der Waals surface area contributed by atoms with E-state index < -0.39 is 65.9 Å². The smallest absolute Gasteiger partial charge is 0.411 e. The van der Waals surface area contributed by atoms with Gasteiger partial charge >= 0.3 is 6.09 Å². The fourth-order valence-electron chi connectivity index (χ4n) is 4.86. The zero-order chi connectivity index (χ0) is 34.8. The average molecular weight is 693 g/mol. The average Bonchev–Trinajstić information content (AvgIpc) is 3.46. The number of hydrogen-bond acceptors (Lipinski definition) is 9. The van der Waals surface area contributed by atoms with Crippen molar-refractivity contribution in [3.8, 4) is 0 Å². The third kappa shape index (κ3) is 10.1. The molecule has 2 aromatic rings.